The van der Waals surface area contributed by atoms with Crippen molar-refractivity contribution in [2.45, 2.75) is 68.7 Å². The fraction of sp³-hybridized carbons (Fsp3) is 0.545. The first-order valence-corrected chi connectivity index (χ1v) is 17.3. The van der Waals surface area contributed by atoms with Crippen LogP contribution in [0.25, 0.3) is 0 Å². The number of allylic oxidation sites excluding steroid dienone is 1. The number of halogens is 1. The molecule has 1 spiro atoms. The molecule has 0 aromatic heterocycles. The molecule has 2 aromatic rings. The number of hydrogen-bond acceptors (Lipinski definition) is 7. The molecule has 1 saturated heterocycles. The quantitative estimate of drug-likeness (QED) is 0.472. The molecule has 0 saturated carbocycles. The number of methoxy groups -OCH3 is 1. The molecule has 6 rings (SSSR count). The lowest BCUT2D eigenvalue weighted by atomic mass is 9.70. The van der Waals surface area contributed by atoms with Crippen LogP contribution in [0.5, 0.6) is 5.75 Å². The highest BCUT2D eigenvalue weighted by Crippen LogP contribution is 2.45. The number of amides is 1. The predicted molar refractivity (Wildman–Crippen MR) is 170 cm³/mol. The van der Waals surface area contributed by atoms with Gasteiger partial charge < -0.3 is 14.4 Å². The number of fused-ring (bicyclic) bond motifs is 4. The molecular formula is C33H42ClN3O5S. The van der Waals surface area contributed by atoms with Gasteiger partial charge in [0.15, 0.2) is 0 Å². The van der Waals surface area contributed by atoms with Crippen LogP contribution in [0, 0.1) is 5.92 Å². The van der Waals surface area contributed by atoms with Gasteiger partial charge in [-0.3, -0.25) is 9.69 Å². The van der Waals surface area contributed by atoms with Gasteiger partial charge in [-0.05, 0) is 86.4 Å². The molecule has 8 nitrogen and oxygen atoms in total. The van der Waals surface area contributed by atoms with E-state index in [4.69, 9.17) is 21.1 Å². The van der Waals surface area contributed by atoms with E-state index in [1.165, 1.54) is 11.1 Å². The molecule has 0 unspecified atom stereocenters. The van der Waals surface area contributed by atoms with Crippen molar-refractivity contribution in [2.24, 2.45) is 5.92 Å². The molecule has 1 aliphatic carbocycles. The van der Waals surface area contributed by atoms with Gasteiger partial charge in [-0.15, -0.1) is 0 Å². The van der Waals surface area contributed by atoms with Crippen molar-refractivity contribution in [2.75, 3.05) is 44.9 Å². The molecule has 0 radical (unpaired) electrons. The molecule has 1 amide bonds. The molecular weight excluding hydrogens is 586 g/mol. The first-order chi connectivity index (χ1) is 20.6. The Balaban J connectivity index is 1.43. The maximum Gasteiger partial charge on any atom is 0.264 e. The molecule has 3 aliphatic heterocycles. The summed E-state index contributed by atoms with van der Waals surface area (Å²) in [6.07, 6.45) is 8.90. The number of anilines is 1. The summed E-state index contributed by atoms with van der Waals surface area (Å²) in [7, 11) is -2.17. The standard InChI is InChI=1S/C33H42ClN3O5S/c1-22-6-4-8-28(19-41-3)37-15-13-27(37)18-36-20-33(14-5-7-24-16-26(34)10-11-29(24)33)21-42-31-12-9-25(17-30(31)36)32(38)35-43(39,40)23(22)2/h4,8-12,16-17,22-23,27-28H,5-7,13-15,18-21H2,1-3H3,(H,35,38)/b8-4+/t22-,23-,27+,28+,33+/m1/s1. The van der Waals surface area contributed by atoms with E-state index >= 15 is 0 Å². The number of nitrogens with one attached hydrogen (secondary N) is 1. The van der Waals surface area contributed by atoms with Crippen LogP contribution in [-0.4, -0.2) is 76.5 Å². The molecule has 2 bridgehead atoms. The van der Waals surface area contributed by atoms with Crippen LogP contribution in [0.3, 0.4) is 0 Å². The van der Waals surface area contributed by atoms with Crippen LogP contribution in [0.2, 0.25) is 5.02 Å². The maximum atomic E-state index is 13.4. The normalized spacial score (nSPS) is 31.5. The third-order valence-corrected chi connectivity index (χ3v) is 12.2. The van der Waals surface area contributed by atoms with Crippen LogP contribution >= 0.6 is 11.6 Å². The minimum atomic E-state index is -3.89. The van der Waals surface area contributed by atoms with Crippen molar-refractivity contribution in [3.63, 3.8) is 0 Å². The maximum absolute atomic E-state index is 13.4. The van der Waals surface area contributed by atoms with Gasteiger partial charge in [0.1, 0.15) is 5.75 Å². The molecule has 43 heavy (non-hydrogen) atoms. The molecule has 232 valence electrons. The second-order valence-corrected chi connectivity index (χ2v) is 15.3. The summed E-state index contributed by atoms with van der Waals surface area (Å²) in [4.78, 5) is 18.2. The zero-order valence-electron chi connectivity index (χ0n) is 25.2. The zero-order chi connectivity index (χ0) is 30.4. The largest absolute Gasteiger partial charge is 0.490 e. The summed E-state index contributed by atoms with van der Waals surface area (Å²) in [5.74, 6) is -0.0867. The van der Waals surface area contributed by atoms with Gasteiger partial charge in [0.2, 0.25) is 10.0 Å². The fourth-order valence-electron chi connectivity index (χ4n) is 7.26. The van der Waals surface area contributed by atoms with Gasteiger partial charge in [-0.2, -0.15) is 0 Å². The molecule has 3 heterocycles. The Morgan fingerprint density at radius 1 is 1.19 bits per heavy atom. The average Bonchev–Trinajstić information content (AvgIpc) is 3.11. The van der Waals surface area contributed by atoms with E-state index in [9.17, 15) is 13.2 Å². The van der Waals surface area contributed by atoms with Gasteiger partial charge in [-0.1, -0.05) is 36.7 Å². The Kier molecular flexibility index (Phi) is 8.54. The molecule has 10 heteroatoms. The summed E-state index contributed by atoms with van der Waals surface area (Å²) < 4.78 is 41.1. The van der Waals surface area contributed by atoms with Crippen molar-refractivity contribution in [3.8, 4) is 5.75 Å². The van der Waals surface area contributed by atoms with Crippen LogP contribution in [-0.2, 0) is 26.6 Å². The van der Waals surface area contributed by atoms with Crippen molar-refractivity contribution in [3.05, 3.63) is 70.3 Å². The highest BCUT2D eigenvalue weighted by molar-refractivity contribution is 7.90. The second-order valence-electron chi connectivity index (χ2n) is 12.8. The average molecular weight is 628 g/mol. The highest BCUT2D eigenvalue weighted by Gasteiger charge is 2.44. The molecule has 1 fully saturated rings. The predicted octanol–water partition coefficient (Wildman–Crippen LogP) is 4.95. The van der Waals surface area contributed by atoms with E-state index < -0.39 is 21.2 Å². The fourth-order valence-corrected chi connectivity index (χ4v) is 8.74. The molecule has 2 aromatic carbocycles. The Labute approximate surface area is 260 Å². The van der Waals surface area contributed by atoms with E-state index in [-0.39, 0.29) is 17.4 Å². The van der Waals surface area contributed by atoms with Gasteiger partial charge in [0.25, 0.3) is 5.91 Å². The lowest BCUT2D eigenvalue weighted by Crippen LogP contribution is -2.59. The smallest absolute Gasteiger partial charge is 0.264 e. The minimum Gasteiger partial charge on any atom is -0.490 e. The third-order valence-electron chi connectivity index (χ3n) is 10.1. The minimum absolute atomic E-state index is 0.0935. The molecule has 1 N–H and O–H groups in total. The van der Waals surface area contributed by atoms with E-state index in [2.05, 4.69) is 38.8 Å². The first kappa shape index (κ1) is 30.4. The molecule has 5 atom stereocenters. The van der Waals surface area contributed by atoms with Crippen molar-refractivity contribution in [1.29, 1.82) is 0 Å². The summed E-state index contributed by atoms with van der Waals surface area (Å²) in [6, 6.07) is 11.9. The van der Waals surface area contributed by atoms with Crippen molar-refractivity contribution >= 4 is 33.2 Å². The van der Waals surface area contributed by atoms with Crippen molar-refractivity contribution in [1.82, 2.24) is 9.62 Å². The third kappa shape index (κ3) is 5.93. The van der Waals surface area contributed by atoms with Gasteiger partial charge >= 0.3 is 0 Å². The topological polar surface area (TPSA) is 88.2 Å². The van der Waals surface area contributed by atoms with E-state index in [1.807, 2.05) is 19.1 Å². The van der Waals surface area contributed by atoms with Crippen LogP contribution < -0.4 is 14.4 Å². The highest BCUT2D eigenvalue weighted by atomic mass is 35.5. The number of nitrogens with zero attached hydrogens (tertiary/aromatic N) is 2. The SMILES string of the molecule is COC[C@@H]1/C=C/C[C@@H](C)[C@@H](C)S(=O)(=O)NC(=O)c2ccc3c(c2)N(C[C@@H]2CCN21)C[C@@]1(CCCc2cc(Cl)ccc21)CO3. The van der Waals surface area contributed by atoms with Crippen LogP contribution in [0.15, 0.2) is 48.6 Å². The number of carbonyl (C=O) groups is 1. The molecule has 4 aliphatic rings. The Morgan fingerprint density at radius 3 is 2.79 bits per heavy atom. The lowest BCUT2D eigenvalue weighted by Gasteiger charge is -2.48. The van der Waals surface area contributed by atoms with Crippen molar-refractivity contribution < 1.29 is 22.7 Å². The Hall–Kier alpha value is -2.59. The van der Waals surface area contributed by atoms with Crippen LogP contribution in [0.1, 0.15) is 61.0 Å². The van der Waals surface area contributed by atoms with E-state index in [1.54, 1.807) is 26.2 Å². The van der Waals surface area contributed by atoms with Gasteiger partial charge in [0.05, 0.1) is 30.2 Å². The summed E-state index contributed by atoms with van der Waals surface area (Å²) in [6.45, 7) is 7.10. The number of aryl methyl sites for hydroxylation is 1. The number of ether oxygens (including phenoxy) is 2. The van der Waals surface area contributed by atoms with Gasteiger partial charge in [-0.25, -0.2) is 13.1 Å². The van der Waals surface area contributed by atoms with Gasteiger partial charge in [0, 0.05) is 48.8 Å². The number of benzene rings is 2. The number of carbonyl (C=O) groups excluding carboxylic acids is 1. The van der Waals surface area contributed by atoms with E-state index in [0.717, 1.165) is 56.0 Å². The van der Waals surface area contributed by atoms with E-state index in [0.29, 0.717) is 37.0 Å². The summed E-state index contributed by atoms with van der Waals surface area (Å²) in [5.41, 5.74) is 3.43. The first-order valence-electron chi connectivity index (χ1n) is 15.4. The number of sulfonamides is 1. The van der Waals surface area contributed by atoms with Crippen LogP contribution in [0.4, 0.5) is 5.69 Å². The second kappa shape index (κ2) is 12.1. The monoisotopic (exact) mass is 627 g/mol. The Bertz CT molecular complexity index is 1510. The number of rotatable bonds is 2. The summed E-state index contributed by atoms with van der Waals surface area (Å²) >= 11 is 6.41. The summed E-state index contributed by atoms with van der Waals surface area (Å²) in [5, 5.41) is 0.00216. The lowest BCUT2D eigenvalue weighted by molar-refractivity contribution is 0.0252. The zero-order valence-corrected chi connectivity index (χ0v) is 26.8. The Morgan fingerprint density at radius 2 is 2.02 bits per heavy atom. The number of hydrogen-bond donors (Lipinski definition) is 1.